The van der Waals surface area contributed by atoms with E-state index >= 15 is 0 Å². The Bertz CT molecular complexity index is 472. The number of hydrogen-bond acceptors (Lipinski definition) is 2. The molecule has 1 aliphatic carbocycles. The van der Waals surface area contributed by atoms with Crippen molar-refractivity contribution in [3.63, 3.8) is 0 Å². The molecule has 1 aromatic rings. The molecule has 0 heterocycles. The minimum absolute atomic E-state index is 0.357. The maximum Gasteiger partial charge on any atom is 0.0803 e. The summed E-state index contributed by atoms with van der Waals surface area (Å²) in [6.07, 6.45) is 5.92. The van der Waals surface area contributed by atoms with E-state index in [4.69, 9.17) is 0 Å². The van der Waals surface area contributed by atoms with Crippen LogP contribution in [0, 0.1) is 12.8 Å². The van der Waals surface area contributed by atoms with Crippen molar-refractivity contribution >= 4 is 10.8 Å². The zero-order valence-electron chi connectivity index (χ0n) is 12.2. The van der Waals surface area contributed by atoms with Gasteiger partial charge in [-0.3, -0.25) is 0 Å². The molecule has 1 aliphatic rings. The Morgan fingerprint density at radius 1 is 1.30 bits per heavy atom. The molecule has 0 amide bonds. The lowest BCUT2D eigenvalue weighted by Crippen LogP contribution is -2.23. The van der Waals surface area contributed by atoms with E-state index in [1.165, 1.54) is 19.3 Å². The monoisotopic (exact) mass is 292 g/mol. The minimum atomic E-state index is -1.22. The Labute approximate surface area is 124 Å². The molecule has 1 fully saturated rings. The first-order valence-corrected chi connectivity index (χ1v) is 8.57. The van der Waals surface area contributed by atoms with Gasteiger partial charge in [-0.2, -0.15) is 0 Å². The van der Waals surface area contributed by atoms with Crippen LogP contribution in [0.2, 0.25) is 0 Å². The third-order valence-electron chi connectivity index (χ3n) is 4.13. The largest absolute Gasteiger partial charge is 0.392 e. The molecule has 0 bridgehead atoms. The highest BCUT2D eigenvalue weighted by molar-refractivity contribution is 7.89. The maximum atomic E-state index is 12.4. The summed E-state index contributed by atoms with van der Waals surface area (Å²) in [6.45, 7) is 5.94. The highest BCUT2D eigenvalue weighted by atomic mass is 32.2. The van der Waals surface area contributed by atoms with Crippen molar-refractivity contribution in [3.05, 3.63) is 41.3 Å². The van der Waals surface area contributed by atoms with Crippen LogP contribution in [-0.2, 0) is 10.8 Å². The topological polar surface area (TPSA) is 37.3 Å². The van der Waals surface area contributed by atoms with Gasteiger partial charge in [-0.05, 0) is 37.8 Å². The van der Waals surface area contributed by atoms with E-state index < -0.39 is 16.9 Å². The number of aryl methyl sites for hydroxylation is 1. The van der Waals surface area contributed by atoms with Gasteiger partial charge in [0.1, 0.15) is 0 Å². The number of hydrogen-bond donors (Lipinski definition) is 1. The zero-order chi connectivity index (χ0) is 14.5. The van der Waals surface area contributed by atoms with Gasteiger partial charge in [0.25, 0.3) is 0 Å². The molecule has 1 saturated carbocycles. The zero-order valence-corrected chi connectivity index (χ0v) is 13.0. The number of aliphatic hydroxyl groups is 1. The van der Waals surface area contributed by atoms with Gasteiger partial charge in [0, 0.05) is 16.2 Å². The predicted molar refractivity (Wildman–Crippen MR) is 83.9 cm³/mol. The fraction of sp³-hybridized carbons (Fsp3) is 0.529. The predicted octanol–water partition coefficient (Wildman–Crippen LogP) is 3.95. The molecule has 0 spiro atoms. The lowest BCUT2D eigenvalue weighted by atomic mass is 9.84. The molecule has 0 unspecified atom stereocenters. The molecule has 0 aliphatic heterocycles. The summed E-state index contributed by atoms with van der Waals surface area (Å²) in [5.74, 6) is 0.357. The molecule has 2 rings (SSSR count). The standard InChI is InChI=1S/C17H24O2S/c1-13-8-10-16(11-9-13)20(19)14(2)12-17(18)15-6-4-3-5-7-15/h8-11,15,17-18H,2-7,12H2,1H3/t17-,20-/m1/s1. The fourth-order valence-electron chi connectivity index (χ4n) is 2.82. The molecule has 1 N–H and O–H groups in total. The average Bonchev–Trinajstić information content (AvgIpc) is 2.48. The summed E-state index contributed by atoms with van der Waals surface area (Å²) in [6, 6.07) is 7.67. The third-order valence-corrected chi connectivity index (χ3v) is 5.52. The van der Waals surface area contributed by atoms with E-state index in [1.54, 1.807) is 0 Å². The number of rotatable bonds is 5. The van der Waals surface area contributed by atoms with E-state index in [2.05, 4.69) is 6.58 Å². The number of benzene rings is 1. The van der Waals surface area contributed by atoms with Crippen LogP contribution in [0.25, 0.3) is 0 Å². The Balaban J connectivity index is 1.93. The van der Waals surface area contributed by atoms with Crippen LogP contribution in [0.5, 0.6) is 0 Å². The van der Waals surface area contributed by atoms with Crippen molar-refractivity contribution in [2.45, 2.75) is 56.4 Å². The number of aliphatic hydroxyl groups excluding tert-OH is 1. The van der Waals surface area contributed by atoms with Crippen LogP contribution in [0.4, 0.5) is 0 Å². The van der Waals surface area contributed by atoms with E-state index in [0.717, 1.165) is 23.3 Å². The molecule has 3 heteroatoms. The minimum Gasteiger partial charge on any atom is -0.392 e. The van der Waals surface area contributed by atoms with Gasteiger partial charge in [0.05, 0.1) is 16.9 Å². The van der Waals surface area contributed by atoms with Crippen molar-refractivity contribution in [2.24, 2.45) is 5.92 Å². The molecule has 0 aromatic heterocycles. The first kappa shape index (κ1) is 15.5. The quantitative estimate of drug-likeness (QED) is 0.892. The first-order valence-electron chi connectivity index (χ1n) is 7.42. The van der Waals surface area contributed by atoms with Crippen LogP contribution in [0.3, 0.4) is 0 Å². The second-order valence-electron chi connectivity index (χ2n) is 5.79. The van der Waals surface area contributed by atoms with Crippen molar-refractivity contribution < 1.29 is 9.32 Å². The Morgan fingerprint density at radius 2 is 1.90 bits per heavy atom. The van der Waals surface area contributed by atoms with Gasteiger partial charge in [-0.25, -0.2) is 4.21 Å². The van der Waals surface area contributed by atoms with Crippen LogP contribution in [0.15, 0.2) is 40.6 Å². The second-order valence-corrected chi connectivity index (χ2v) is 7.38. The maximum absolute atomic E-state index is 12.4. The van der Waals surface area contributed by atoms with Crippen molar-refractivity contribution in [2.75, 3.05) is 0 Å². The molecule has 20 heavy (non-hydrogen) atoms. The van der Waals surface area contributed by atoms with Crippen molar-refractivity contribution in [1.29, 1.82) is 0 Å². The molecular formula is C17H24O2S. The van der Waals surface area contributed by atoms with Gasteiger partial charge in [0.15, 0.2) is 0 Å². The van der Waals surface area contributed by atoms with E-state index in [9.17, 15) is 9.32 Å². The van der Waals surface area contributed by atoms with Crippen LogP contribution >= 0.6 is 0 Å². The highest BCUT2D eigenvalue weighted by Gasteiger charge is 2.23. The van der Waals surface area contributed by atoms with Crippen LogP contribution in [-0.4, -0.2) is 15.4 Å². The Hall–Kier alpha value is -0.930. The molecule has 1 aromatic carbocycles. The lowest BCUT2D eigenvalue weighted by Gasteiger charge is -2.26. The van der Waals surface area contributed by atoms with Crippen LogP contribution in [0.1, 0.15) is 44.1 Å². The van der Waals surface area contributed by atoms with Gasteiger partial charge >= 0.3 is 0 Å². The Morgan fingerprint density at radius 3 is 2.50 bits per heavy atom. The van der Waals surface area contributed by atoms with Crippen molar-refractivity contribution in [1.82, 2.24) is 0 Å². The fourth-order valence-corrected chi connectivity index (χ4v) is 3.86. The summed E-state index contributed by atoms with van der Waals surface area (Å²) in [5, 5.41) is 10.3. The summed E-state index contributed by atoms with van der Waals surface area (Å²) >= 11 is 0. The van der Waals surface area contributed by atoms with E-state index in [0.29, 0.717) is 17.2 Å². The van der Waals surface area contributed by atoms with E-state index in [1.807, 2.05) is 31.2 Å². The van der Waals surface area contributed by atoms with Gasteiger partial charge in [-0.15, -0.1) is 0 Å². The highest BCUT2D eigenvalue weighted by Crippen LogP contribution is 2.30. The summed E-state index contributed by atoms with van der Waals surface area (Å²) < 4.78 is 12.4. The molecule has 0 radical (unpaired) electrons. The smallest absolute Gasteiger partial charge is 0.0803 e. The molecular weight excluding hydrogens is 268 g/mol. The molecule has 2 nitrogen and oxygen atoms in total. The molecule has 110 valence electrons. The lowest BCUT2D eigenvalue weighted by molar-refractivity contribution is 0.0866. The third kappa shape index (κ3) is 4.03. The normalized spacial score (nSPS) is 19.5. The average molecular weight is 292 g/mol. The second kappa shape index (κ2) is 7.19. The molecule has 2 atom stereocenters. The van der Waals surface area contributed by atoms with E-state index in [-0.39, 0.29) is 0 Å². The molecule has 0 saturated heterocycles. The van der Waals surface area contributed by atoms with Gasteiger partial charge < -0.3 is 5.11 Å². The van der Waals surface area contributed by atoms with Gasteiger partial charge in [-0.1, -0.05) is 43.5 Å². The van der Waals surface area contributed by atoms with Gasteiger partial charge in [0.2, 0.25) is 0 Å². The summed E-state index contributed by atoms with van der Waals surface area (Å²) in [4.78, 5) is 1.41. The summed E-state index contributed by atoms with van der Waals surface area (Å²) in [7, 11) is -1.22. The van der Waals surface area contributed by atoms with Crippen LogP contribution < -0.4 is 0 Å². The van der Waals surface area contributed by atoms with Crippen molar-refractivity contribution in [3.8, 4) is 0 Å². The SMILES string of the molecule is C=C(C[C@@H](O)C1CCCCC1)[S@@](=O)c1ccc(C)cc1. The summed E-state index contributed by atoms with van der Waals surface area (Å²) in [5.41, 5.74) is 1.15. The Kier molecular flexibility index (Phi) is 5.55. The first-order chi connectivity index (χ1) is 9.58.